The fraction of sp³-hybridized carbons (Fsp3) is 0.222. The van der Waals surface area contributed by atoms with Gasteiger partial charge in [0.25, 0.3) is 0 Å². The number of hydrogen-bond acceptors (Lipinski definition) is 6. The molecule has 3 aromatic carbocycles. The van der Waals surface area contributed by atoms with Crippen LogP contribution in [0.3, 0.4) is 0 Å². The second-order valence-corrected chi connectivity index (χ2v) is 8.72. The molecule has 2 atom stereocenters. The first kappa shape index (κ1) is 30.5. The number of carboxylic acid groups (broad SMARTS) is 1. The summed E-state index contributed by atoms with van der Waals surface area (Å²) in [5, 5.41) is 17.2. The molecule has 216 valence electrons. The first-order valence-corrected chi connectivity index (χ1v) is 12.0. The summed E-state index contributed by atoms with van der Waals surface area (Å²) in [6.07, 6.45) is -1.14. The molecule has 0 radical (unpaired) electrons. The van der Waals surface area contributed by atoms with Crippen LogP contribution in [-0.2, 0) is 24.0 Å². The van der Waals surface area contributed by atoms with Crippen molar-refractivity contribution >= 4 is 45.9 Å². The summed E-state index contributed by atoms with van der Waals surface area (Å²) in [7, 11) is 0. The van der Waals surface area contributed by atoms with E-state index in [1.54, 1.807) is 42.5 Å². The summed E-state index contributed by atoms with van der Waals surface area (Å²) < 4.78 is 59.0. The monoisotopic (exact) mass is 577 g/mol. The number of ketones is 1. The van der Waals surface area contributed by atoms with Crippen LogP contribution in [0.15, 0.2) is 48.5 Å². The molecule has 0 aliphatic rings. The predicted molar refractivity (Wildman–Crippen MR) is 136 cm³/mol. The van der Waals surface area contributed by atoms with E-state index in [2.05, 4.69) is 20.7 Å². The molecule has 0 aliphatic carbocycles. The number of nitrogens with one attached hydrogen (secondary N) is 3. The zero-order valence-electron chi connectivity index (χ0n) is 21.3. The van der Waals surface area contributed by atoms with Crippen molar-refractivity contribution in [1.82, 2.24) is 10.6 Å². The van der Waals surface area contributed by atoms with Crippen LogP contribution in [-0.4, -0.2) is 53.3 Å². The van der Waals surface area contributed by atoms with Gasteiger partial charge in [-0.05, 0) is 24.8 Å². The smallest absolute Gasteiger partial charge is 0.313 e. The normalized spacial score (nSPS) is 12.2. The van der Waals surface area contributed by atoms with Gasteiger partial charge in [0.1, 0.15) is 12.6 Å². The van der Waals surface area contributed by atoms with E-state index in [1.807, 2.05) is 0 Å². The molecule has 0 aromatic heterocycles. The van der Waals surface area contributed by atoms with Crippen LogP contribution in [0.1, 0.15) is 19.8 Å². The highest BCUT2D eigenvalue weighted by molar-refractivity contribution is 6.40. The Bertz CT molecular complexity index is 1480. The highest BCUT2D eigenvalue weighted by Crippen LogP contribution is 2.26. The first-order valence-electron chi connectivity index (χ1n) is 12.0. The lowest BCUT2D eigenvalue weighted by molar-refractivity contribution is -0.139. The maximum absolute atomic E-state index is 13.8. The third-order valence-electron chi connectivity index (χ3n) is 5.77. The molecule has 0 heterocycles. The van der Waals surface area contributed by atoms with Crippen LogP contribution in [0.2, 0.25) is 0 Å². The Morgan fingerprint density at radius 3 is 2.17 bits per heavy atom. The van der Waals surface area contributed by atoms with E-state index in [1.165, 1.54) is 6.92 Å². The molecule has 0 spiro atoms. The molecule has 0 bridgehead atoms. The molecule has 3 rings (SSSR count). The van der Waals surface area contributed by atoms with Crippen LogP contribution in [0, 0.1) is 23.3 Å². The molecular formula is C27H23F4N3O7. The van der Waals surface area contributed by atoms with Crippen molar-refractivity contribution in [2.24, 2.45) is 0 Å². The number of carbonyl (C=O) groups excluding carboxylic acids is 4. The topological polar surface area (TPSA) is 151 Å². The zero-order valence-corrected chi connectivity index (χ0v) is 21.3. The molecule has 14 heteroatoms. The van der Waals surface area contributed by atoms with Crippen LogP contribution >= 0.6 is 0 Å². The Balaban J connectivity index is 1.63. The molecule has 0 aliphatic heterocycles. The lowest BCUT2D eigenvalue weighted by Gasteiger charge is -2.20. The second kappa shape index (κ2) is 13.4. The fourth-order valence-corrected chi connectivity index (χ4v) is 3.64. The van der Waals surface area contributed by atoms with Crippen molar-refractivity contribution in [2.75, 3.05) is 11.9 Å². The van der Waals surface area contributed by atoms with Crippen LogP contribution < -0.4 is 20.7 Å². The van der Waals surface area contributed by atoms with Crippen LogP contribution in [0.5, 0.6) is 5.75 Å². The zero-order chi connectivity index (χ0) is 30.3. The third kappa shape index (κ3) is 7.77. The number of aliphatic carboxylic acids is 1. The van der Waals surface area contributed by atoms with Crippen molar-refractivity contribution in [2.45, 2.75) is 31.8 Å². The number of carboxylic acids is 1. The summed E-state index contributed by atoms with van der Waals surface area (Å²) in [4.78, 5) is 61.1. The van der Waals surface area contributed by atoms with Gasteiger partial charge in [-0.25, -0.2) is 8.78 Å². The minimum Gasteiger partial charge on any atom is -0.481 e. The van der Waals surface area contributed by atoms with Gasteiger partial charge in [0.05, 0.1) is 6.04 Å². The molecule has 0 unspecified atom stereocenters. The lowest BCUT2D eigenvalue weighted by Crippen LogP contribution is -2.52. The van der Waals surface area contributed by atoms with Gasteiger partial charge in [-0.2, -0.15) is 8.78 Å². The van der Waals surface area contributed by atoms with Gasteiger partial charge in [-0.3, -0.25) is 24.0 Å². The number of benzene rings is 3. The van der Waals surface area contributed by atoms with E-state index >= 15 is 0 Å². The number of ether oxygens (including phenoxy) is 1. The standard InChI is InChI=1S/C27H23F4N3O7/c1-13(32-26(39)27(40)33-18-8-4-6-14-5-2-3-7-15(14)18)25(38)34-19(9-10-21(36)37)20(35)12-41-24-22(30)16(28)11-17(29)23(24)31/h2-8,11,13,19H,9-10,12H2,1H3,(H,32,39)(H,33,40)(H,34,38)(H,36,37)/t13-,19-/m0/s1. The summed E-state index contributed by atoms with van der Waals surface area (Å²) in [6.45, 7) is -0.0244. The Labute approximate surface area is 229 Å². The SMILES string of the molecule is C[C@H](NC(=O)C(=O)Nc1cccc2ccccc12)C(=O)N[C@@H](CCC(=O)O)C(=O)COc1c(F)c(F)cc(F)c1F. The minimum atomic E-state index is -1.90. The van der Waals surface area contributed by atoms with Crippen LogP contribution in [0.25, 0.3) is 10.8 Å². The van der Waals surface area contributed by atoms with E-state index in [-0.39, 0.29) is 6.07 Å². The van der Waals surface area contributed by atoms with E-state index < -0.39 is 90.0 Å². The molecule has 0 saturated carbocycles. The lowest BCUT2D eigenvalue weighted by atomic mass is 10.1. The number of rotatable bonds is 11. The molecule has 10 nitrogen and oxygen atoms in total. The van der Waals surface area contributed by atoms with Gasteiger partial charge in [0, 0.05) is 23.6 Å². The fourth-order valence-electron chi connectivity index (χ4n) is 3.64. The average molecular weight is 577 g/mol. The maximum Gasteiger partial charge on any atom is 0.313 e. The summed E-state index contributed by atoms with van der Waals surface area (Å²) in [5.74, 6) is -14.7. The van der Waals surface area contributed by atoms with Crippen LogP contribution in [0.4, 0.5) is 23.2 Å². The summed E-state index contributed by atoms with van der Waals surface area (Å²) in [5.41, 5.74) is 0.339. The number of anilines is 1. The largest absolute Gasteiger partial charge is 0.481 e. The number of hydrogen-bond donors (Lipinski definition) is 4. The number of fused-ring (bicyclic) bond motifs is 1. The highest BCUT2D eigenvalue weighted by Gasteiger charge is 2.28. The van der Waals surface area contributed by atoms with E-state index in [4.69, 9.17) is 5.11 Å². The Kier molecular flexibility index (Phi) is 9.95. The molecule has 41 heavy (non-hydrogen) atoms. The quantitative estimate of drug-likeness (QED) is 0.155. The molecule has 3 amide bonds. The van der Waals surface area contributed by atoms with E-state index in [0.29, 0.717) is 11.1 Å². The first-order chi connectivity index (χ1) is 19.4. The molecule has 0 fully saturated rings. The van der Waals surface area contributed by atoms with Gasteiger partial charge < -0.3 is 25.8 Å². The van der Waals surface area contributed by atoms with E-state index in [0.717, 1.165) is 5.39 Å². The Hall–Kier alpha value is -5.01. The van der Waals surface area contributed by atoms with Crippen molar-refractivity contribution < 1.29 is 51.4 Å². The van der Waals surface area contributed by atoms with Crippen molar-refractivity contribution in [3.8, 4) is 5.75 Å². The highest BCUT2D eigenvalue weighted by atomic mass is 19.2. The summed E-state index contributed by atoms with van der Waals surface area (Å²) >= 11 is 0. The maximum atomic E-state index is 13.8. The molecular weight excluding hydrogens is 554 g/mol. The molecule has 0 saturated heterocycles. The molecule has 3 aromatic rings. The Morgan fingerprint density at radius 1 is 0.878 bits per heavy atom. The van der Waals surface area contributed by atoms with Gasteiger partial charge in [0.2, 0.25) is 17.5 Å². The van der Waals surface area contributed by atoms with Crippen molar-refractivity contribution in [3.63, 3.8) is 0 Å². The predicted octanol–water partition coefficient (Wildman–Crippen LogP) is 2.84. The number of halogens is 4. The van der Waals surface area contributed by atoms with Crippen molar-refractivity contribution in [1.29, 1.82) is 0 Å². The average Bonchev–Trinajstić information content (AvgIpc) is 2.93. The van der Waals surface area contributed by atoms with Crippen molar-refractivity contribution in [3.05, 3.63) is 71.8 Å². The Morgan fingerprint density at radius 2 is 1.51 bits per heavy atom. The second-order valence-electron chi connectivity index (χ2n) is 8.72. The summed E-state index contributed by atoms with van der Waals surface area (Å²) in [6, 6.07) is 9.01. The number of amides is 3. The third-order valence-corrected chi connectivity index (χ3v) is 5.77. The number of carbonyl (C=O) groups is 5. The van der Waals surface area contributed by atoms with Gasteiger partial charge in [-0.15, -0.1) is 0 Å². The molecule has 4 N–H and O–H groups in total. The number of Topliss-reactive ketones (excluding diaryl/α,β-unsaturated/α-hetero) is 1. The van der Waals surface area contributed by atoms with Gasteiger partial charge in [-0.1, -0.05) is 36.4 Å². The van der Waals surface area contributed by atoms with Gasteiger partial charge >= 0.3 is 17.8 Å². The van der Waals surface area contributed by atoms with Gasteiger partial charge in [0.15, 0.2) is 23.2 Å². The van der Waals surface area contributed by atoms with E-state index in [9.17, 15) is 41.5 Å². The minimum absolute atomic E-state index is 0.0623.